The van der Waals surface area contributed by atoms with Crippen LogP contribution in [0.25, 0.3) is 0 Å². The third kappa shape index (κ3) is 4.50. The van der Waals surface area contributed by atoms with Crippen molar-refractivity contribution in [3.05, 3.63) is 35.4 Å². The number of piperidine rings is 1. The van der Waals surface area contributed by atoms with Gasteiger partial charge in [0.2, 0.25) is 17.7 Å². The average molecular weight is 339 g/mol. The van der Waals surface area contributed by atoms with Gasteiger partial charge in [0, 0.05) is 31.8 Å². The van der Waals surface area contributed by atoms with E-state index in [-0.39, 0.29) is 24.4 Å². The highest BCUT2D eigenvalue weighted by atomic mass is 19.1. The van der Waals surface area contributed by atoms with Crippen LogP contribution in [0.5, 0.6) is 0 Å². The van der Waals surface area contributed by atoms with E-state index in [1.165, 1.54) is 18.0 Å². The summed E-state index contributed by atoms with van der Waals surface area (Å²) in [6.45, 7) is 0.435. The Labute approximate surface area is 138 Å². The molecule has 24 heavy (non-hydrogen) atoms. The molecule has 1 heterocycles. The van der Waals surface area contributed by atoms with Gasteiger partial charge in [-0.25, -0.2) is 8.78 Å². The Morgan fingerprint density at radius 1 is 1.29 bits per heavy atom. The highest BCUT2D eigenvalue weighted by Gasteiger charge is 2.30. The van der Waals surface area contributed by atoms with Crippen LogP contribution in [0.15, 0.2) is 18.2 Å². The van der Waals surface area contributed by atoms with Crippen LogP contribution < -0.4 is 10.6 Å². The van der Waals surface area contributed by atoms with Crippen LogP contribution in [0.4, 0.5) is 8.78 Å². The molecule has 1 fully saturated rings. The molecule has 1 aromatic carbocycles. The SMILES string of the molecule is CNC(=O)CC(=O)NC1CCCN(Cc2ccc(F)cc2F)C1=O. The Hall–Kier alpha value is -2.51. The summed E-state index contributed by atoms with van der Waals surface area (Å²) in [6.07, 6.45) is 0.743. The van der Waals surface area contributed by atoms with Gasteiger partial charge in [-0.3, -0.25) is 14.4 Å². The van der Waals surface area contributed by atoms with Crippen molar-refractivity contribution in [3.8, 4) is 0 Å². The molecule has 130 valence electrons. The number of benzene rings is 1. The third-order valence-electron chi connectivity index (χ3n) is 3.84. The number of nitrogens with one attached hydrogen (secondary N) is 2. The largest absolute Gasteiger partial charge is 0.359 e. The lowest BCUT2D eigenvalue weighted by molar-refractivity contribution is -0.140. The topological polar surface area (TPSA) is 78.5 Å². The highest BCUT2D eigenvalue weighted by molar-refractivity contribution is 5.98. The van der Waals surface area contributed by atoms with Crippen molar-refractivity contribution in [2.45, 2.75) is 31.8 Å². The molecular weight excluding hydrogens is 320 g/mol. The lowest BCUT2D eigenvalue weighted by atomic mass is 10.0. The van der Waals surface area contributed by atoms with Crippen LogP contribution >= 0.6 is 0 Å². The second kappa shape index (κ2) is 7.85. The normalized spacial score (nSPS) is 17.5. The summed E-state index contributed by atoms with van der Waals surface area (Å²) in [4.78, 5) is 36.7. The summed E-state index contributed by atoms with van der Waals surface area (Å²) in [5.41, 5.74) is 0.210. The fraction of sp³-hybridized carbons (Fsp3) is 0.438. The summed E-state index contributed by atoms with van der Waals surface area (Å²) in [5, 5.41) is 4.86. The number of carbonyl (C=O) groups is 3. The number of likely N-dealkylation sites (tertiary alicyclic amines) is 1. The molecular formula is C16H19F2N3O3. The van der Waals surface area contributed by atoms with Crippen LogP contribution in [-0.4, -0.2) is 42.3 Å². The first-order valence-corrected chi connectivity index (χ1v) is 7.63. The minimum absolute atomic E-state index is 0.00671. The summed E-state index contributed by atoms with van der Waals surface area (Å²) < 4.78 is 26.7. The van der Waals surface area contributed by atoms with Crippen molar-refractivity contribution in [1.29, 1.82) is 0 Å². The van der Waals surface area contributed by atoms with E-state index in [2.05, 4.69) is 10.6 Å². The van der Waals surface area contributed by atoms with E-state index in [0.29, 0.717) is 19.4 Å². The summed E-state index contributed by atoms with van der Waals surface area (Å²) in [7, 11) is 1.42. The van der Waals surface area contributed by atoms with Crippen molar-refractivity contribution in [2.24, 2.45) is 0 Å². The molecule has 1 aliphatic rings. The van der Waals surface area contributed by atoms with Crippen LogP contribution in [0, 0.1) is 11.6 Å². The Morgan fingerprint density at radius 3 is 2.71 bits per heavy atom. The maximum absolute atomic E-state index is 13.7. The van der Waals surface area contributed by atoms with Crippen LogP contribution in [-0.2, 0) is 20.9 Å². The fourth-order valence-electron chi connectivity index (χ4n) is 2.57. The molecule has 1 aliphatic heterocycles. The Bertz CT molecular complexity index is 651. The average Bonchev–Trinajstić information content (AvgIpc) is 2.53. The monoisotopic (exact) mass is 339 g/mol. The molecule has 0 aromatic heterocycles. The predicted octanol–water partition coefficient (Wildman–Crippen LogP) is 0.708. The molecule has 2 N–H and O–H groups in total. The fourth-order valence-corrected chi connectivity index (χ4v) is 2.57. The minimum Gasteiger partial charge on any atom is -0.359 e. The molecule has 1 atom stereocenters. The Balaban J connectivity index is 1.99. The minimum atomic E-state index is -0.737. The Morgan fingerprint density at radius 2 is 2.04 bits per heavy atom. The zero-order valence-corrected chi connectivity index (χ0v) is 13.3. The van der Waals surface area contributed by atoms with Gasteiger partial charge >= 0.3 is 0 Å². The number of amides is 3. The molecule has 0 saturated carbocycles. The van der Waals surface area contributed by atoms with Gasteiger partial charge in [-0.1, -0.05) is 6.07 Å². The lowest BCUT2D eigenvalue weighted by Crippen LogP contribution is -2.52. The molecule has 1 unspecified atom stereocenters. The zero-order chi connectivity index (χ0) is 17.7. The first kappa shape index (κ1) is 17.8. The van der Waals surface area contributed by atoms with Gasteiger partial charge in [0.25, 0.3) is 0 Å². The van der Waals surface area contributed by atoms with Crippen LogP contribution in [0.3, 0.4) is 0 Å². The van der Waals surface area contributed by atoms with E-state index in [0.717, 1.165) is 12.1 Å². The molecule has 0 spiro atoms. The maximum Gasteiger partial charge on any atom is 0.245 e. The standard InChI is InChI=1S/C16H19F2N3O3/c1-19-14(22)8-15(23)20-13-3-2-6-21(16(13)24)9-10-4-5-11(17)7-12(10)18/h4-5,7,13H,2-3,6,8-9H2,1H3,(H,19,22)(H,20,23). The van der Waals surface area contributed by atoms with Crippen molar-refractivity contribution in [3.63, 3.8) is 0 Å². The third-order valence-corrected chi connectivity index (χ3v) is 3.84. The first-order valence-electron chi connectivity index (χ1n) is 7.63. The molecule has 6 nitrogen and oxygen atoms in total. The molecule has 1 saturated heterocycles. The number of rotatable bonds is 5. The maximum atomic E-state index is 13.7. The number of nitrogens with zero attached hydrogens (tertiary/aromatic N) is 1. The molecule has 0 bridgehead atoms. The van der Waals surface area contributed by atoms with Crippen LogP contribution in [0.2, 0.25) is 0 Å². The number of hydrogen-bond donors (Lipinski definition) is 2. The summed E-state index contributed by atoms with van der Waals surface area (Å²) in [5.74, 6) is -2.71. The first-order chi connectivity index (χ1) is 11.4. The molecule has 3 amide bonds. The predicted molar refractivity (Wildman–Crippen MR) is 81.6 cm³/mol. The van der Waals surface area contributed by atoms with Crippen molar-refractivity contribution in [1.82, 2.24) is 15.5 Å². The lowest BCUT2D eigenvalue weighted by Gasteiger charge is -2.32. The Kier molecular flexibility index (Phi) is 5.83. The van der Waals surface area contributed by atoms with Gasteiger partial charge in [-0.2, -0.15) is 0 Å². The molecule has 0 aliphatic carbocycles. The summed E-state index contributed by atoms with van der Waals surface area (Å²) in [6, 6.07) is 2.47. The van der Waals surface area contributed by atoms with Crippen LogP contribution in [0.1, 0.15) is 24.8 Å². The molecule has 0 radical (unpaired) electrons. The second-order valence-electron chi connectivity index (χ2n) is 5.61. The quantitative estimate of drug-likeness (QED) is 0.776. The number of halogens is 2. The van der Waals surface area contributed by atoms with Crippen molar-refractivity contribution >= 4 is 17.7 Å². The van der Waals surface area contributed by atoms with Gasteiger partial charge in [-0.05, 0) is 18.9 Å². The molecule has 8 heteroatoms. The van der Waals surface area contributed by atoms with Gasteiger partial charge in [0.05, 0.1) is 0 Å². The highest BCUT2D eigenvalue weighted by Crippen LogP contribution is 2.18. The smallest absolute Gasteiger partial charge is 0.245 e. The van der Waals surface area contributed by atoms with E-state index in [9.17, 15) is 23.2 Å². The van der Waals surface area contributed by atoms with Gasteiger partial charge in [-0.15, -0.1) is 0 Å². The summed E-state index contributed by atoms with van der Waals surface area (Å²) >= 11 is 0. The molecule has 2 rings (SSSR count). The van der Waals surface area contributed by atoms with Gasteiger partial charge < -0.3 is 15.5 Å². The molecule has 1 aromatic rings. The van der Waals surface area contributed by atoms with E-state index in [1.54, 1.807) is 0 Å². The van der Waals surface area contributed by atoms with Crippen molar-refractivity contribution < 1.29 is 23.2 Å². The zero-order valence-electron chi connectivity index (χ0n) is 13.3. The van der Waals surface area contributed by atoms with Gasteiger partial charge in [0.1, 0.15) is 24.1 Å². The number of hydrogen-bond acceptors (Lipinski definition) is 3. The van der Waals surface area contributed by atoms with E-state index in [1.807, 2.05) is 0 Å². The van der Waals surface area contributed by atoms with Gasteiger partial charge in [0.15, 0.2) is 0 Å². The van der Waals surface area contributed by atoms with Crippen molar-refractivity contribution in [2.75, 3.05) is 13.6 Å². The van der Waals surface area contributed by atoms with E-state index >= 15 is 0 Å². The van der Waals surface area contributed by atoms with E-state index < -0.39 is 29.5 Å². The second-order valence-corrected chi connectivity index (χ2v) is 5.61. The van der Waals surface area contributed by atoms with E-state index in [4.69, 9.17) is 0 Å². The number of carbonyl (C=O) groups excluding carboxylic acids is 3.